The first-order chi connectivity index (χ1) is 11.0. The van der Waals surface area contributed by atoms with Crippen LogP contribution in [-0.2, 0) is 6.42 Å². The Kier molecular flexibility index (Phi) is 4.47. The van der Waals surface area contributed by atoms with Gasteiger partial charge in [0.05, 0.1) is 0 Å². The van der Waals surface area contributed by atoms with Crippen LogP contribution in [-0.4, -0.2) is 6.21 Å². The molecule has 118 valence electrons. The molecule has 0 saturated carbocycles. The van der Waals surface area contributed by atoms with Gasteiger partial charge in [0.1, 0.15) is 0 Å². The number of nitrogens with zero attached hydrogens (tertiary/aromatic N) is 1. The molecule has 0 spiro atoms. The fourth-order valence-electron chi connectivity index (χ4n) is 3.25. The highest BCUT2D eigenvalue weighted by molar-refractivity contribution is 5.68. The molecule has 2 aromatic carbocycles. The molecule has 0 N–H and O–H groups in total. The number of aryl methyl sites for hydroxylation is 2. The maximum atomic E-state index is 4.71. The molecule has 1 heterocycles. The minimum Gasteiger partial charge on any atom is -0.265 e. The van der Waals surface area contributed by atoms with Crippen molar-refractivity contribution in [2.75, 3.05) is 0 Å². The SMILES string of the molecule is Cc1ccc(CC(C2=CC(C)C=N2)c2cccc(C)c2C)cc1. The molecule has 2 unspecified atom stereocenters. The molecule has 1 aliphatic rings. The van der Waals surface area contributed by atoms with Gasteiger partial charge in [-0.2, -0.15) is 0 Å². The Hall–Kier alpha value is -2.15. The van der Waals surface area contributed by atoms with Crippen molar-refractivity contribution >= 4 is 6.21 Å². The molecule has 2 aromatic rings. The van der Waals surface area contributed by atoms with E-state index in [1.54, 1.807) is 0 Å². The zero-order chi connectivity index (χ0) is 16.4. The quantitative estimate of drug-likeness (QED) is 0.703. The van der Waals surface area contributed by atoms with Gasteiger partial charge in [0, 0.05) is 23.7 Å². The summed E-state index contributed by atoms with van der Waals surface area (Å²) >= 11 is 0. The lowest BCUT2D eigenvalue weighted by atomic mass is 9.85. The summed E-state index contributed by atoms with van der Waals surface area (Å²) in [4.78, 5) is 4.71. The van der Waals surface area contributed by atoms with Crippen LogP contribution in [0, 0.1) is 26.7 Å². The Morgan fingerprint density at radius 1 is 1.00 bits per heavy atom. The van der Waals surface area contributed by atoms with Gasteiger partial charge >= 0.3 is 0 Å². The summed E-state index contributed by atoms with van der Waals surface area (Å²) in [5.74, 6) is 0.773. The monoisotopic (exact) mass is 303 g/mol. The van der Waals surface area contributed by atoms with Crippen molar-refractivity contribution < 1.29 is 0 Å². The van der Waals surface area contributed by atoms with Crippen molar-refractivity contribution in [2.45, 2.75) is 40.0 Å². The maximum absolute atomic E-state index is 4.71. The van der Waals surface area contributed by atoms with Crippen LogP contribution in [0.25, 0.3) is 0 Å². The Morgan fingerprint density at radius 2 is 1.74 bits per heavy atom. The van der Waals surface area contributed by atoms with E-state index in [-0.39, 0.29) is 0 Å². The first-order valence-electron chi connectivity index (χ1n) is 8.42. The first-order valence-corrected chi connectivity index (χ1v) is 8.42. The van der Waals surface area contributed by atoms with Crippen LogP contribution in [0.3, 0.4) is 0 Å². The zero-order valence-electron chi connectivity index (χ0n) is 14.5. The summed E-state index contributed by atoms with van der Waals surface area (Å²) in [7, 11) is 0. The van der Waals surface area contributed by atoms with Crippen molar-refractivity contribution in [3.05, 3.63) is 82.1 Å². The number of rotatable bonds is 4. The molecular weight excluding hydrogens is 278 g/mol. The Morgan fingerprint density at radius 3 is 2.39 bits per heavy atom. The summed E-state index contributed by atoms with van der Waals surface area (Å²) in [5, 5.41) is 0. The van der Waals surface area contributed by atoms with Gasteiger partial charge in [0.15, 0.2) is 0 Å². The summed E-state index contributed by atoms with van der Waals surface area (Å²) in [6, 6.07) is 15.5. The van der Waals surface area contributed by atoms with E-state index in [1.165, 1.54) is 33.5 Å². The van der Waals surface area contributed by atoms with Crippen molar-refractivity contribution in [1.29, 1.82) is 0 Å². The van der Waals surface area contributed by atoms with Crippen molar-refractivity contribution in [2.24, 2.45) is 10.9 Å². The van der Waals surface area contributed by atoms with Gasteiger partial charge in [-0.1, -0.05) is 61.0 Å². The third kappa shape index (κ3) is 3.44. The van der Waals surface area contributed by atoms with E-state index in [0.717, 1.165) is 6.42 Å². The van der Waals surface area contributed by atoms with E-state index >= 15 is 0 Å². The second-order valence-electron chi connectivity index (χ2n) is 6.76. The molecule has 1 heteroatoms. The van der Waals surface area contributed by atoms with E-state index in [4.69, 9.17) is 4.99 Å². The molecular formula is C22H25N. The van der Waals surface area contributed by atoms with E-state index < -0.39 is 0 Å². The lowest BCUT2D eigenvalue weighted by Crippen LogP contribution is -2.08. The van der Waals surface area contributed by atoms with Gasteiger partial charge < -0.3 is 0 Å². The molecule has 0 radical (unpaired) electrons. The highest BCUT2D eigenvalue weighted by atomic mass is 14.8. The van der Waals surface area contributed by atoms with Gasteiger partial charge in [-0.15, -0.1) is 0 Å². The van der Waals surface area contributed by atoms with Crippen LogP contribution >= 0.6 is 0 Å². The molecule has 0 bridgehead atoms. The number of benzene rings is 2. The fourth-order valence-corrected chi connectivity index (χ4v) is 3.25. The molecule has 1 aliphatic heterocycles. The lowest BCUT2D eigenvalue weighted by molar-refractivity contribution is 0.768. The average Bonchev–Trinajstić information content (AvgIpc) is 2.96. The van der Waals surface area contributed by atoms with Crippen molar-refractivity contribution in [3.63, 3.8) is 0 Å². The molecule has 0 saturated heterocycles. The fraction of sp³-hybridized carbons (Fsp3) is 0.318. The molecule has 2 atom stereocenters. The summed E-state index contributed by atoms with van der Waals surface area (Å²) in [5.41, 5.74) is 8.04. The van der Waals surface area contributed by atoms with Gasteiger partial charge in [-0.05, 0) is 49.4 Å². The van der Waals surface area contributed by atoms with Gasteiger partial charge in [0.2, 0.25) is 0 Å². The summed E-state index contributed by atoms with van der Waals surface area (Å²) in [6.45, 7) is 8.76. The largest absolute Gasteiger partial charge is 0.265 e. The van der Waals surface area contributed by atoms with Gasteiger partial charge in [0.25, 0.3) is 0 Å². The predicted molar refractivity (Wildman–Crippen MR) is 99.3 cm³/mol. The van der Waals surface area contributed by atoms with Crippen LogP contribution < -0.4 is 0 Å². The van der Waals surface area contributed by atoms with Crippen LogP contribution in [0.2, 0.25) is 0 Å². The Labute approximate surface area is 139 Å². The first kappa shape index (κ1) is 15.7. The minimum absolute atomic E-state index is 0.332. The highest BCUT2D eigenvalue weighted by Gasteiger charge is 2.22. The normalized spacial score (nSPS) is 18.1. The predicted octanol–water partition coefficient (Wildman–Crippen LogP) is 5.54. The third-order valence-electron chi connectivity index (χ3n) is 4.83. The van der Waals surface area contributed by atoms with Gasteiger partial charge in [-0.25, -0.2) is 0 Å². The van der Waals surface area contributed by atoms with Crippen LogP contribution in [0.4, 0.5) is 0 Å². The van der Waals surface area contributed by atoms with Crippen LogP contribution in [0.5, 0.6) is 0 Å². The van der Waals surface area contributed by atoms with Crippen molar-refractivity contribution in [3.8, 4) is 0 Å². The van der Waals surface area contributed by atoms with E-state index in [0.29, 0.717) is 11.8 Å². The number of allylic oxidation sites excluding steroid dienone is 2. The molecule has 0 amide bonds. The van der Waals surface area contributed by atoms with Crippen LogP contribution in [0.15, 0.2) is 59.2 Å². The molecule has 3 rings (SSSR count). The Bertz CT molecular complexity index is 750. The highest BCUT2D eigenvalue weighted by Crippen LogP contribution is 2.34. The number of hydrogen-bond acceptors (Lipinski definition) is 1. The number of aliphatic imine (C=N–C) groups is 1. The zero-order valence-corrected chi connectivity index (χ0v) is 14.5. The second-order valence-corrected chi connectivity index (χ2v) is 6.76. The smallest absolute Gasteiger partial charge is 0.0444 e. The van der Waals surface area contributed by atoms with E-state index in [1.807, 2.05) is 0 Å². The summed E-state index contributed by atoms with van der Waals surface area (Å²) < 4.78 is 0. The van der Waals surface area contributed by atoms with E-state index in [2.05, 4.69) is 82.5 Å². The molecule has 0 aliphatic carbocycles. The summed E-state index contributed by atoms with van der Waals surface area (Å²) in [6.07, 6.45) is 5.36. The molecule has 1 nitrogen and oxygen atoms in total. The maximum Gasteiger partial charge on any atom is 0.0444 e. The molecule has 23 heavy (non-hydrogen) atoms. The number of hydrogen-bond donors (Lipinski definition) is 0. The van der Waals surface area contributed by atoms with Gasteiger partial charge in [-0.3, -0.25) is 4.99 Å². The van der Waals surface area contributed by atoms with Crippen LogP contribution in [0.1, 0.15) is 40.7 Å². The Balaban J connectivity index is 2.00. The third-order valence-corrected chi connectivity index (χ3v) is 4.83. The second kappa shape index (κ2) is 6.54. The average molecular weight is 303 g/mol. The standard InChI is InChI=1S/C22H25N/c1-15-8-10-19(11-9-15)13-21(22-12-16(2)14-23-22)20-7-5-6-17(3)18(20)4/h5-12,14,16,21H,13H2,1-4H3. The lowest BCUT2D eigenvalue weighted by Gasteiger charge is -2.21. The minimum atomic E-state index is 0.332. The topological polar surface area (TPSA) is 12.4 Å². The van der Waals surface area contributed by atoms with Crippen molar-refractivity contribution in [1.82, 2.24) is 0 Å². The van der Waals surface area contributed by atoms with E-state index in [9.17, 15) is 0 Å². The molecule has 0 aromatic heterocycles. The molecule has 0 fully saturated rings.